The van der Waals surface area contributed by atoms with Gasteiger partial charge in [0.1, 0.15) is 5.75 Å². The molecule has 0 saturated carbocycles. The van der Waals surface area contributed by atoms with Crippen LogP contribution in [0.1, 0.15) is 47.2 Å². The largest absolute Gasteiger partial charge is 0.496 e. The van der Waals surface area contributed by atoms with Crippen LogP contribution in [0.3, 0.4) is 0 Å². The van der Waals surface area contributed by atoms with E-state index in [1.807, 2.05) is 18.2 Å². The lowest BCUT2D eigenvalue weighted by molar-refractivity contribution is 0.0950. The van der Waals surface area contributed by atoms with Crippen LogP contribution in [0, 0.1) is 0 Å². The van der Waals surface area contributed by atoms with Crippen molar-refractivity contribution in [1.82, 2.24) is 10.2 Å². The highest BCUT2D eigenvalue weighted by atomic mass is 16.5. The molecule has 1 N–H and O–H groups in total. The second-order valence-corrected chi connectivity index (χ2v) is 6.85. The highest BCUT2D eigenvalue weighted by Crippen LogP contribution is 2.22. The maximum atomic E-state index is 12.2. The molecule has 0 saturated heterocycles. The molecule has 1 aliphatic rings. The van der Waals surface area contributed by atoms with Crippen LogP contribution in [0.25, 0.3) is 0 Å². The quantitative estimate of drug-likeness (QED) is 0.694. The summed E-state index contributed by atoms with van der Waals surface area (Å²) in [5.74, 6) is 0.564. The number of hydrogen-bond acceptors (Lipinski definition) is 3. The Bertz CT molecular complexity index is 705. The number of nitrogens with zero attached hydrogens (tertiary/aromatic N) is 1. The summed E-state index contributed by atoms with van der Waals surface area (Å²) in [6, 6.07) is 16.1. The average molecular weight is 352 g/mol. The molecular formula is C22H28N2O2. The van der Waals surface area contributed by atoms with Crippen molar-refractivity contribution in [1.29, 1.82) is 0 Å². The summed E-state index contributed by atoms with van der Waals surface area (Å²) in [5.41, 5.74) is 3.56. The monoisotopic (exact) mass is 352 g/mol. The maximum Gasteiger partial charge on any atom is 0.255 e. The van der Waals surface area contributed by atoms with Crippen LogP contribution in [0.4, 0.5) is 0 Å². The minimum Gasteiger partial charge on any atom is -0.496 e. The van der Waals surface area contributed by atoms with E-state index in [0.29, 0.717) is 17.9 Å². The Labute approximate surface area is 156 Å². The van der Waals surface area contributed by atoms with E-state index in [9.17, 15) is 4.79 Å². The standard InChI is InChI=1S/C22H28N2O2/c1-26-21-13-7-6-12-20(21)22(25)23-14-8-2-3-9-15-24-16-18-10-4-5-11-19(18)17-24/h4-7,10-13H,2-3,8-9,14-17H2,1H3,(H,23,25). The highest BCUT2D eigenvalue weighted by molar-refractivity contribution is 5.96. The molecule has 138 valence electrons. The number of fused-ring (bicyclic) bond motifs is 1. The predicted octanol–water partition coefficient (Wildman–Crippen LogP) is 4.00. The van der Waals surface area contributed by atoms with Gasteiger partial charge in [-0.2, -0.15) is 0 Å². The van der Waals surface area contributed by atoms with E-state index in [-0.39, 0.29) is 5.91 Å². The first kappa shape index (κ1) is 18.5. The molecule has 0 radical (unpaired) electrons. The Balaban J connectivity index is 1.27. The number of methoxy groups -OCH3 is 1. The van der Waals surface area contributed by atoms with Gasteiger partial charge in [-0.25, -0.2) is 0 Å². The molecule has 2 aromatic rings. The SMILES string of the molecule is COc1ccccc1C(=O)NCCCCCCN1Cc2ccccc2C1. The topological polar surface area (TPSA) is 41.6 Å². The zero-order valence-corrected chi connectivity index (χ0v) is 15.5. The number of amides is 1. The summed E-state index contributed by atoms with van der Waals surface area (Å²) in [6.07, 6.45) is 4.58. The molecule has 0 aliphatic carbocycles. The molecule has 1 amide bonds. The van der Waals surface area contributed by atoms with Gasteiger partial charge in [0.15, 0.2) is 0 Å². The van der Waals surface area contributed by atoms with Gasteiger partial charge in [-0.05, 0) is 42.6 Å². The third kappa shape index (κ3) is 4.85. The molecule has 4 nitrogen and oxygen atoms in total. The smallest absolute Gasteiger partial charge is 0.255 e. The third-order valence-corrected chi connectivity index (χ3v) is 4.94. The van der Waals surface area contributed by atoms with Crippen LogP contribution in [-0.4, -0.2) is 31.0 Å². The van der Waals surface area contributed by atoms with Gasteiger partial charge in [0, 0.05) is 19.6 Å². The van der Waals surface area contributed by atoms with Gasteiger partial charge in [0.25, 0.3) is 5.91 Å². The van der Waals surface area contributed by atoms with Gasteiger partial charge in [0.05, 0.1) is 12.7 Å². The van der Waals surface area contributed by atoms with E-state index in [4.69, 9.17) is 4.74 Å². The lowest BCUT2D eigenvalue weighted by Gasteiger charge is -2.14. The fraction of sp³-hybridized carbons (Fsp3) is 0.409. The summed E-state index contributed by atoms with van der Waals surface area (Å²) in [7, 11) is 1.59. The minimum atomic E-state index is -0.0581. The number of carbonyl (C=O) groups is 1. The van der Waals surface area contributed by atoms with Crippen molar-refractivity contribution >= 4 is 5.91 Å². The second kappa shape index (κ2) is 9.39. The van der Waals surface area contributed by atoms with Crippen molar-refractivity contribution in [3.63, 3.8) is 0 Å². The Hall–Kier alpha value is -2.33. The van der Waals surface area contributed by atoms with Crippen molar-refractivity contribution in [2.24, 2.45) is 0 Å². The van der Waals surface area contributed by atoms with Crippen LogP contribution in [0.15, 0.2) is 48.5 Å². The van der Waals surface area contributed by atoms with E-state index in [1.165, 1.54) is 24.0 Å². The highest BCUT2D eigenvalue weighted by Gasteiger charge is 2.17. The van der Waals surface area contributed by atoms with Gasteiger partial charge < -0.3 is 10.1 Å². The lowest BCUT2D eigenvalue weighted by atomic mass is 10.1. The molecular weight excluding hydrogens is 324 g/mol. The average Bonchev–Trinajstić information content (AvgIpc) is 3.09. The van der Waals surface area contributed by atoms with Crippen LogP contribution >= 0.6 is 0 Å². The normalized spacial score (nSPS) is 13.4. The van der Waals surface area contributed by atoms with E-state index in [0.717, 1.165) is 32.5 Å². The first-order valence-corrected chi connectivity index (χ1v) is 9.48. The third-order valence-electron chi connectivity index (χ3n) is 4.94. The summed E-state index contributed by atoms with van der Waals surface area (Å²) < 4.78 is 5.23. The van der Waals surface area contributed by atoms with Gasteiger partial charge in [-0.1, -0.05) is 49.2 Å². The Morgan fingerprint density at radius 3 is 2.35 bits per heavy atom. The molecule has 26 heavy (non-hydrogen) atoms. The van der Waals surface area contributed by atoms with Gasteiger partial charge in [-0.3, -0.25) is 9.69 Å². The Kier molecular flexibility index (Phi) is 6.67. The molecule has 0 bridgehead atoms. The fourth-order valence-corrected chi connectivity index (χ4v) is 3.51. The number of nitrogens with one attached hydrogen (secondary N) is 1. The molecule has 1 heterocycles. The molecule has 0 fully saturated rings. The summed E-state index contributed by atoms with van der Waals surface area (Å²) in [4.78, 5) is 14.7. The van der Waals surface area contributed by atoms with E-state index in [2.05, 4.69) is 34.5 Å². The van der Waals surface area contributed by atoms with E-state index < -0.39 is 0 Å². The zero-order valence-electron chi connectivity index (χ0n) is 15.5. The molecule has 2 aromatic carbocycles. The molecule has 0 spiro atoms. The van der Waals surface area contributed by atoms with Crippen molar-refractivity contribution in [2.75, 3.05) is 20.2 Å². The summed E-state index contributed by atoms with van der Waals surface area (Å²) in [5, 5.41) is 2.99. The molecule has 0 atom stereocenters. The van der Waals surface area contributed by atoms with Crippen molar-refractivity contribution in [3.8, 4) is 5.75 Å². The van der Waals surface area contributed by atoms with Crippen LogP contribution in [0.2, 0.25) is 0 Å². The molecule has 4 heteroatoms. The molecule has 1 aliphatic heterocycles. The fourth-order valence-electron chi connectivity index (χ4n) is 3.51. The number of carbonyl (C=O) groups excluding carboxylic acids is 1. The van der Waals surface area contributed by atoms with Gasteiger partial charge in [-0.15, -0.1) is 0 Å². The summed E-state index contributed by atoms with van der Waals surface area (Å²) in [6.45, 7) is 4.05. The van der Waals surface area contributed by atoms with Crippen LogP contribution in [0.5, 0.6) is 5.75 Å². The molecule has 3 rings (SSSR count). The number of hydrogen-bond donors (Lipinski definition) is 1. The van der Waals surface area contributed by atoms with Gasteiger partial charge >= 0.3 is 0 Å². The van der Waals surface area contributed by atoms with Crippen LogP contribution < -0.4 is 10.1 Å². The maximum absolute atomic E-state index is 12.2. The number of ether oxygens (including phenoxy) is 1. The summed E-state index contributed by atoms with van der Waals surface area (Å²) >= 11 is 0. The number of para-hydroxylation sites is 1. The molecule has 0 unspecified atom stereocenters. The van der Waals surface area contributed by atoms with Crippen LogP contribution in [-0.2, 0) is 13.1 Å². The lowest BCUT2D eigenvalue weighted by Crippen LogP contribution is -2.25. The zero-order chi connectivity index (χ0) is 18.2. The number of rotatable bonds is 9. The van der Waals surface area contributed by atoms with E-state index in [1.54, 1.807) is 13.2 Å². The Morgan fingerprint density at radius 1 is 0.962 bits per heavy atom. The van der Waals surface area contributed by atoms with Crippen molar-refractivity contribution < 1.29 is 9.53 Å². The van der Waals surface area contributed by atoms with Crippen molar-refractivity contribution in [3.05, 3.63) is 65.2 Å². The van der Waals surface area contributed by atoms with Gasteiger partial charge in [0.2, 0.25) is 0 Å². The second-order valence-electron chi connectivity index (χ2n) is 6.85. The molecule has 0 aromatic heterocycles. The first-order valence-electron chi connectivity index (χ1n) is 9.48. The predicted molar refractivity (Wildman–Crippen MR) is 104 cm³/mol. The minimum absolute atomic E-state index is 0.0581. The first-order chi connectivity index (χ1) is 12.8. The Morgan fingerprint density at radius 2 is 1.62 bits per heavy atom. The number of unbranched alkanes of at least 4 members (excludes halogenated alkanes) is 3. The van der Waals surface area contributed by atoms with E-state index >= 15 is 0 Å². The number of benzene rings is 2. The van der Waals surface area contributed by atoms with Crippen molar-refractivity contribution in [2.45, 2.75) is 38.8 Å².